The standard InChI is InChI=1S/C26H17N3O2S2/c30-24-20(16-8-3-4-9-18(16)27-24)23-25(31)29-22(19-10-5-13-32-19)17-12-11-14-6-1-2-7-15(14)21(17)28-26(29)33-23/h1-10,13,22H,11-12H2,(H,27,30)/b23-20-/t22-/m0/s1. The number of rotatable bonds is 1. The summed E-state index contributed by atoms with van der Waals surface area (Å²) in [5.74, 6) is -0.233. The molecule has 0 bridgehead atoms. The zero-order chi connectivity index (χ0) is 22.1. The number of aryl methyl sites for hydroxylation is 1. The Kier molecular flexibility index (Phi) is 4.01. The number of nitrogens with one attached hydrogen (secondary N) is 1. The van der Waals surface area contributed by atoms with Gasteiger partial charge < -0.3 is 5.32 Å². The van der Waals surface area contributed by atoms with Crippen LogP contribution in [0.5, 0.6) is 0 Å². The van der Waals surface area contributed by atoms with Gasteiger partial charge in [-0.2, -0.15) is 0 Å². The number of hydrogen-bond donors (Lipinski definition) is 1. The second-order valence-corrected chi connectivity index (χ2v) is 10.3. The van der Waals surface area contributed by atoms with Crippen molar-refractivity contribution in [2.75, 3.05) is 5.32 Å². The van der Waals surface area contributed by atoms with Crippen LogP contribution in [0.25, 0.3) is 11.3 Å². The molecule has 3 aliphatic rings. The number of anilines is 1. The van der Waals surface area contributed by atoms with E-state index >= 15 is 0 Å². The van der Waals surface area contributed by atoms with E-state index in [1.165, 1.54) is 22.5 Å². The van der Waals surface area contributed by atoms with Gasteiger partial charge in [-0.1, -0.05) is 59.9 Å². The molecule has 160 valence electrons. The lowest BCUT2D eigenvalue weighted by Gasteiger charge is -2.30. The van der Waals surface area contributed by atoms with Crippen molar-refractivity contribution in [2.45, 2.75) is 18.9 Å². The van der Waals surface area contributed by atoms with Crippen molar-refractivity contribution >= 4 is 45.5 Å². The van der Waals surface area contributed by atoms with E-state index in [4.69, 9.17) is 4.99 Å². The fourth-order valence-electron chi connectivity index (χ4n) is 5.11. The minimum Gasteiger partial charge on any atom is -0.321 e. The Labute approximate surface area is 196 Å². The first-order chi connectivity index (χ1) is 16.2. The number of carbonyl (C=O) groups is 1. The number of amides is 1. The predicted octanol–water partition coefficient (Wildman–Crippen LogP) is 3.70. The van der Waals surface area contributed by atoms with Gasteiger partial charge in [-0.05, 0) is 41.5 Å². The number of hydrogen-bond acceptors (Lipinski definition) is 5. The highest BCUT2D eigenvalue weighted by molar-refractivity contribution is 7.10. The third-order valence-corrected chi connectivity index (χ3v) is 8.54. The summed E-state index contributed by atoms with van der Waals surface area (Å²) in [6.07, 6.45) is 1.79. The van der Waals surface area contributed by atoms with Gasteiger partial charge >= 0.3 is 0 Å². The van der Waals surface area contributed by atoms with Crippen LogP contribution in [0, 0.1) is 0 Å². The molecule has 0 saturated heterocycles. The van der Waals surface area contributed by atoms with E-state index in [0.29, 0.717) is 14.9 Å². The summed E-state index contributed by atoms with van der Waals surface area (Å²) >= 11 is 2.97. The fraction of sp³-hybridized carbons (Fsp3) is 0.115. The van der Waals surface area contributed by atoms with Gasteiger partial charge in [0.1, 0.15) is 4.53 Å². The number of thiophene rings is 1. The maximum atomic E-state index is 13.9. The molecular weight excluding hydrogens is 450 g/mol. The molecule has 2 aromatic heterocycles. The van der Waals surface area contributed by atoms with Gasteiger partial charge in [0.2, 0.25) is 0 Å². The number of carbonyl (C=O) groups excluding carboxylic acids is 1. The molecule has 1 atom stereocenters. The number of allylic oxidation sites excluding steroid dienone is 1. The van der Waals surface area contributed by atoms with Crippen LogP contribution in [0.15, 0.2) is 81.4 Å². The molecule has 4 heterocycles. The van der Waals surface area contributed by atoms with E-state index in [0.717, 1.165) is 40.2 Å². The van der Waals surface area contributed by atoms with Crippen LogP contribution in [0.4, 0.5) is 5.69 Å². The molecule has 7 rings (SSSR count). The van der Waals surface area contributed by atoms with Crippen LogP contribution in [0.2, 0.25) is 0 Å². The van der Waals surface area contributed by atoms with Crippen LogP contribution in [0.3, 0.4) is 0 Å². The van der Waals surface area contributed by atoms with Gasteiger partial charge in [0.25, 0.3) is 11.5 Å². The van der Waals surface area contributed by atoms with Crippen molar-refractivity contribution in [2.24, 2.45) is 4.99 Å². The molecule has 4 aromatic rings. The number of para-hydroxylation sites is 1. The molecule has 1 aliphatic carbocycles. The van der Waals surface area contributed by atoms with Gasteiger partial charge in [-0.15, -0.1) is 11.3 Å². The second-order valence-electron chi connectivity index (χ2n) is 8.32. The van der Waals surface area contributed by atoms with E-state index < -0.39 is 0 Å². The van der Waals surface area contributed by atoms with E-state index in [1.807, 2.05) is 41.8 Å². The summed E-state index contributed by atoms with van der Waals surface area (Å²) in [7, 11) is 0. The Bertz CT molecular complexity index is 1690. The van der Waals surface area contributed by atoms with Crippen LogP contribution in [-0.4, -0.2) is 10.5 Å². The minimum absolute atomic E-state index is 0.149. The summed E-state index contributed by atoms with van der Waals surface area (Å²) in [6.45, 7) is 0. The minimum atomic E-state index is -0.233. The first-order valence-electron chi connectivity index (χ1n) is 10.8. The Morgan fingerprint density at radius 3 is 2.61 bits per heavy atom. The molecule has 0 unspecified atom stereocenters. The Balaban J connectivity index is 1.57. The van der Waals surface area contributed by atoms with E-state index in [-0.39, 0.29) is 17.5 Å². The molecule has 0 fully saturated rings. The summed E-state index contributed by atoms with van der Waals surface area (Å²) < 4.78 is 2.26. The average Bonchev–Trinajstić information content (AvgIpc) is 3.55. The highest BCUT2D eigenvalue weighted by Gasteiger charge is 2.34. The predicted molar refractivity (Wildman–Crippen MR) is 131 cm³/mol. The molecule has 2 aliphatic heterocycles. The van der Waals surface area contributed by atoms with Gasteiger partial charge in [0, 0.05) is 21.7 Å². The molecule has 5 nitrogen and oxygen atoms in total. The molecular formula is C26H17N3O2S2. The third-order valence-electron chi connectivity index (χ3n) is 6.56. The van der Waals surface area contributed by atoms with Crippen molar-refractivity contribution in [3.63, 3.8) is 0 Å². The lowest BCUT2D eigenvalue weighted by atomic mass is 9.85. The highest BCUT2D eigenvalue weighted by Crippen LogP contribution is 2.42. The fourth-order valence-corrected chi connectivity index (χ4v) is 7.06. The number of nitrogens with zero attached hydrogens (tertiary/aromatic N) is 2. The Morgan fingerprint density at radius 1 is 0.939 bits per heavy atom. The summed E-state index contributed by atoms with van der Waals surface area (Å²) in [4.78, 5) is 33.6. The second kappa shape index (κ2) is 6.97. The maximum Gasteiger partial charge on any atom is 0.271 e. The van der Waals surface area contributed by atoms with E-state index in [9.17, 15) is 9.59 Å². The van der Waals surface area contributed by atoms with Gasteiger partial charge in [0.05, 0.1) is 17.3 Å². The summed E-state index contributed by atoms with van der Waals surface area (Å²) in [6, 6.07) is 19.8. The smallest absolute Gasteiger partial charge is 0.271 e. The van der Waals surface area contributed by atoms with Gasteiger partial charge in [-0.25, -0.2) is 4.99 Å². The normalized spacial score (nSPS) is 19.9. The van der Waals surface area contributed by atoms with Crippen molar-refractivity contribution < 1.29 is 4.79 Å². The lowest BCUT2D eigenvalue weighted by molar-refractivity contribution is -0.110. The molecule has 1 amide bonds. The molecule has 0 saturated carbocycles. The van der Waals surface area contributed by atoms with Crippen molar-refractivity contribution in [1.29, 1.82) is 0 Å². The molecule has 7 heteroatoms. The van der Waals surface area contributed by atoms with Crippen LogP contribution in [0.1, 0.15) is 34.0 Å². The zero-order valence-electron chi connectivity index (χ0n) is 17.4. The lowest BCUT2D eigenvalue weighted by Crippen LogP contribution is -2.39. The van der Waals surface area contributed by atoms with Crippen LogP contribution in [-0.2, 0) is 11.2 Å². The largest absolute Gasteiger partial charge is 0.321 e. The Morgan fingerprint density at radius 2 is 1.76 bits per heavy atom. The van der Waals surface area contributed by atoms with Crippen LogP contribution < -0.4 is 20.2 Å². The number of benzene rings is 2. The topological polar surface area (TPSA) is 63.5 Å². The number of aromatic nitrogens is 1. The number of thiazole rings is 1. The van der Waals surface area contributed by atoms with E-state index in [2.05, 4.69) is 29.6 Å². The SMILES string of the molecule is O=C1Nc2ccccc2/C1=c1/sc2n(c1=O)[C@H](c1cccs1)C1=C(N=2)c2ccccc2CC1. The third kappa shape index (κ3) is 2.66. The van der Waals surface area contributed by atoms with Gasteiger partial charge in [-0.3, -0.25) is 14.2 Å². The summed E-state index contributed by atoms with van der Waals surface area (Å²) in [5, 5.41) is 4.95. The van der Waals surface area contributed by atoms with Crippen molar-refractivity contribution in [3.05, 3.63) is 113 Å². The quantitative estimate of drug-likeness (QED) is 0.464. The van der Waals surface area contributed by atoms with E-state index in [1.54, 1.807) is 15.9 Å². The summed E-state index contributed by atoms with van der Waals surface area (Å²) in [5.41, 5.74) is 6.40. The highest BCUT2D eigenvalue weighted by atomic mass is 32.1. The monoisotopic (exact) mass is 467 g/mol. The van der Waals surface area contributed by atoms with Crippen LogP contribution >= 0.6 is 22.7 Å². The molecule has 33 heavy (non-hydrogen) atoms. The average molecular weight is 468 g/mol. The van der Waals surface area contributed by atoms with Crippen molar-refractivity contribution in [1.82, 2.24) is 4.57 Å². The van der Waals surface area contributed by atoms with Gasteiger partial charge in [0.15, 0.2) is 4.80 Å². The molecule has 2 aromatic carbocycles. The number of fused-ring (bicyclic) bond motifs is 4. The Hall–Kier alpha value is -3.55. The maximum absolute atomic E-state index is 13.9. The first-order valence-corrected chi connectivity index (χ1v) is 12.5. The van der Waals surface area contributed by atoms with Crippen molar-refractivity contribution in [3.8, 4) is 0 Å². The molecule has 1 N–H and O–H groups in total. The zero-order valence-corrected chi connectivity index (χ0v) is 19.0. The molecule has 0 radical (unpaired) electrons. The first kappa shape index (κ1) is 19.0. The molecule has 0 spiro atoms.